The summed E-state index contributed by atoms with van der Waals surface area (Å²) >= 11 is 0. The maximum Gasteiger partial charge on any atom is 0.323 e. The lowest BCUT2D eigenvalue weighted by Gasteiger charge is -2.19. The molecule has 2 saturated carbocycles. The van der Waals surface area contributed by atoms with Gasteiger partial charge in [0.1, 0.15) is 0 Å². The number of carboxylic acids is 1. The molecule has 0 saturated heterocycles. The van der Waals surface area contributed by atoms with Crippen molar-refractivity contribution in [3.63, 3.8) is 0 Å². The standard InChI is InChI=1S/C10H17NO4S/c1-6(10(12)13)16(14,15)11-9(7-2-3-7)8-4-5-8/h6-9,11H,2-5H2,1H3,(H,12,13). The summed E-state index contributed by atoms with van der Waals surface area (Å²) in [5.74, 6) is -0.426. The van der Waals surface area contributed by atoms with Crippen molar-refractivity contribution in [2.45, 2.75) is 43.9 Å². The average Bonchev–Trinajstić information content (AvgIpc) is 3.00. The summed E-state index contributed by atoms with van der Waals surface area (Å²) < 4.78 is 26.1. The van der Waals surface area contributed by atoms with Crippen LogP contribution in [0.1, 0.15) is 32.6 Å². The largest absolute Gasteiger partial charge is 0.480 e. The van der Waals surface area contributed by atoms with Gasteiger partial charge in [0.2, 0.25) is 10.0 Å². The van der Waals surface area contributed by atoms with Crippen molar-refractivity contribution in [1.29, 1.82) is 0 Å². The fraction of sp³-hybridized carbons (Fsp3) is 0.900. The molecule has 0 amide bonds. The van der Waals surface area contributed by atoms with Crippen LogP contribution in [-0.2, 0) is 14.8 Å². The van der Waals surface area contributed by atoms with E-state index in [1.807, 2.05) is 0 Å². The van der Waals surface area contributed by atoms with Crippen LogP contribution in [0, 0.1) is 11.8 Å². The monoisotopic (exact) mass is 247 g/mol. The number of rotatable bonds is 6. The summed E-state index contributed by atoms with van der Waals surface area (Å²) in [4.78, 5) is 10.7. The molecule has 0 aromatic heterocycles. The molecule has 0 radical (unpaired) electrons. The van der Waals surface area contributed by atoms with E-state index in [9.17, 15) is 13.2 Å². The first-order valence-electron chi connectivity index (χ1n) is 5.66. The van der Waals surface area contributed by atoms with Gasteiger partial charge in [0.15, 0.2) is 5.25 Å². The van der Waals surface area contributed by atoms with Crippen molar-refractivity contribution in [1.82, 2.24) is 4.72 Å². The van der Waals surface area contributed by atoms with Gasteiger partial charge in [0.25, 0.3) is 0 Å². The lowest BCUT2D eigenvalue weighted by atomic mass is 10.1. The van der Waals surface area contributed by atoms with Crippen molar-refractivity contribution in [2.75, 3.05) is 0 Å². The summed E-state index contributed by atoms with van der Waals surface area (Å²) in [5.41, 5.74) is 0. The van der Waals surface area contributed by atoms with E-state index in [2.05, 4.69) is 4.72 Å². The Hall–Kier alpha value is -0.620. The van der Waals surface area contributed by atoms with Gasteiger partial charge in [-0.2, -0.15) is 0 Å². The van der Waals surface area contributed by atoms with Crippen molar-refractivity contribution in [2.24, 2.45) is 11.8 Å². The van der Waals surface area contributed by atoms with Gasteiger partial charge in [-0.15, -0.1) is 0 Å². The number of nitrogens with one attached hydrogen (secondary N) is 1. The zero-order valence-electron chi connectivity index (χ0n) is 9.22. The van der Waals surface area contributed by atoms with E-state index in [-0.39, 0.29) is 6.04 Å². The Balaban J connectivity index is 2.03. The molecule has 2 aliphatic carbocycles. The van der Waals surface area contributed by atoms with Crippen LogP contribution in [0.4, 0.5) is 0 Å². The highest BCUT2D eigenvalue weighted by Crippen LogP contribution is 2.44. The Labute approximate surface area is 95.3 Å². The van der Waals surface area contributed by atoms with Crippen molar-refractivity contribution < 1.29 is 18.3 Å². The Kier molecular flexibility index (Phi) is 2.96. The smallest absolute Gasteiger partial charge is 0.323 e. The third-order valence-electron chi connectivity index (χ3n) is 3.37. The van der Waals surface area contributed by atoms with Gasteiger partial charge >= 0.3 is 5.97 Å². The molecule has 0 heterocycles. The lowest BCUT2D eigenvalue weighted by molar-refractivity contribution is -0.136. The van der Waals surface area contributed by atoms with E-state index in [0.717, 1.165) is 25.7 Å². The molecular formula is C10H17NO4S. The number of carbonyl (C=O) groups is 1. The highest BCUT2D eigenvalue weighted by molar-refractivity contribution is 7.90. The number of hydrogen-bond acceptors (Lipinski definition) is 3. The lowest BCUT2D eigenvalue weighted by Crippen LogP contribution is -2.44. The van der Waals surface area contributed by atoms with E-state index in [4.69, 9.17) is 5.11 Å². The first-order valence-corrected chi connectivity index (χ1v) is 7.20. The summed E-state index contributed by atoms with van der Waals surface area (Å²) in [7, 11) is -3.72. The van der Waals surface area contributed by atoms with E-state index in [1.54, 1.807) is 0 Å². The second-order valence-corrected chi connectivity index (χ2v) is 6.88. The van der Waals surface area contributed by atoms with E-state index >= 15 is 0 Å². The summed E-state index contributed by atoms with van der Waals surface area (Å²) in [6.07, 6.45) is 4.24. The van der Waals surface area contributed by atoms with Gasteiger partial charge in [0, 0.05) is 6.04 Å². The van der Waals surface area contributed by atoms with E-state index < -0.39 is 21.2 Å². The normalized spacial score (nSPS) is 23.4. The zero-order chi connectivity index (χ0) is 11.9. The van der Waals surface area contributed by atoms with Gasteiger partial charge in [-0.3, -0.25) is 4.79 Å². The minimum absolute atomic E-state index is 0.0215. The van der Waals surface area contributed by atoms with Crippen LogP contribution in [0.25, 0.3) is 0 Å². The van der Waals surface area contributed by atoms with Crippen LogP contribution < -0.4 is 4.72 Å². The maximum atomic E-state index is 11.8. The van der Waals surface area contributed by atoms with Crippen LogP contribution in [0.2, 0.25) is 0 Å². The maximum absolute atomic E-state index is 11.8. The molecule has 0 aromatic carbocycles. The Morgan fingerprint density at radius 1 is 1.25 bits per heavy atom. The highest BCUT2D eigenvalue weighted by atomic mass is 32.2. The number of aliphatic carboxylic acids is 1. The summed E-state index contributed by atoms with van der Waals surface area (Å²) in [6.45, 7) is 1.21. The van der Waals surface area contributed by atoms with Gasteiger partial charge in [-0.05, 0) is 44.4 Å². The van der Waals surface area contributed by atoms with Crippen molar-refractivity contribution in [3.8, 4) is 0 Å². The molecule has 1 unspecified atom stereocenters. The van der Waals surface area contributed by atoms with Crippen molar-refractivity contribution >= 4 is 16.0 Å². The molecule has 0 bridgehead atoms. The van der Waals surface area contributed by atoms with Crippen LogP contribution in [0.3, 0.4) is 0 Å². The highest BCUT2D eigenvalue weighted by Gasteiger charge is 2.44. The van der Waals surface area contributed by atoms with Gasteiger partial charge in [0.05, 0.1) is 0 Å². The Bertz CT molecular complexity index is 372. The van der Waals surface area contributed by atoms with Crippen LogP contribution in [0.5, 0.6) is 0 Å². The van der Waals surface area contributed by atoms with Crippen LogP contribution in [0.15, 0.2) is 0 Å². The molecule has 0 aliphatic heterocycles. The molecule has 1 atom stereocenters. The zero-order valence-corrected chi connectivity index (χ0v) is 10.0. The number of sulfonamides is 1. The van der Waals surface area contributed by atoms with Gasteiger partial charge in [-0.25, -0.2) is 13.1 Å². The van der Waals surface area contributed by atoms with E-state index in [0.29, 0.717) is 11.8 Å². The molecule has 16 heavy (non-hydrogen) atoms. The third kappa shape index (κ3) is 2.55. The first-order chi connectivity index (χ1) is 7.42. The molecule has 2 fully saturated rings. The molecule has 2 rings (SSSR count). The molecule has 2 aliphatic rings. The minimum Gasteiger partial charge on any atom is -0.480 e. The topological polar surface area (TPSA) is 83.5 Å². The molecular weight excluding hydrogens is 230 g/mol. The Morgan fingerprint density at radius 3 is 2.00 bits per heavy atom. The fourth-order valence-corrected chi connectivity index (χ4v) is 3.15. The predicted octanol–water partition coefficient (Wildman–Crippen LogP) is 0.567. The quantitative estimate of drug-likeness (QED) is 0.718. The molecule has 0 aromatic rings. The van der Waals surface area contributed by atoms with Gasteiger partial charge < -0.3 is 5.11 Å². The summed E-state index contributed by atoms with van der Waals surface area (Å²) in [5, 5.41) is 7.35. The molecule has 0 spiro atoms. The first kappa shape index (κ1) is 11.9. The van der Waals surface area contributed by atoms with Crippen LogP contribution >= 0.6 is 0 Å². The number of carboxylic acid groups (broad SMARTS) is 1. The SMILES string of the molecule is CC(C(=O)O)S(=O)(=O)NC(C1CC1)C1CC1. The second kappa shape index (κ2) is 4.00. The second-order valence-electron chi connectivity index (χ2n) is 4.84. The van der Waals surface area contributed by atoms with E-state index in [1.165, 1.54) is 6.92 Å². The third-order valence-corrected chi connectivity index (χ3v) is 5.11. The molecule has 2 N–H and O–H groups in total. The summed E-state index contributed by atoms with van der Waals surface area (Å²) in [6, 6.07) is -0.0215. The molecule has 92 valence electrons. The Morgan fingerprint density at radius 2 is 1.69 bits per heavy atom. The number of hydrogen-bond donors (Lipinski definition) is 2. The van der Waals surface area contributed by atoms with Crippen LogP contribution in [-0.4, -0.2) is 30.8 Å². The van der Waals surface area contributed by atoms with Crippen molar-refractivity contribution in [3.05, 3.63) is 0 Å². The fourth-order valence-electron chi connectivity index (χ4n) is 1.91. The molecule has 5 nitrogen and oxygen atoms in total. The molecule has 6 heteroatoms. The average molecular weight is 247 g/mol. The van der Waals surface area contributed by atoms with Gasteiger partial charge in [-0.1, -0.05) is 0 Å². The minimum atomic E-state index is -3.72. The predicted molar refractivity (Wildman–Crippen MR) is 58.4 cm³/mol.